The molecule has 5 heteroatoms. The number of aliphatic hydroxyl groups is 4. The van der Waals surface area contributed by atoms with Gasteiger partial charge in [0, 0.05) is 53.7 Å². The van der Waals surface area contributed by atoms with Crippen LogP contribution in [0.4, 0.5) is 0 Å². The van der Waals surface area contributed by atoms with E-state index in [9.17, 15) is 0 Å². The van der Waals surface area contributed by atoms with E-state index < -0.39 is 0 Å². The standard InChI is InChI=1S/4C4H10O.Pb/c4*1-2-3-4-5;/h4*5H,2-4H2,1H3;. The van der Waals surface area contributed by atoms with Crippen molar-refractivity contribution in [3.05, 3.63) is 0 Å². The van der Waals surface area contributed by atoms with E-state index in [2.05, 4.69) is 27.7 Å². The first-order chi connectivity index (χ1) is 9.66. The van der Waals surface area contributed by atoms with Crippen LogP contribution in [-0.4, -0.2) is 74.2 Å². The smallest absolute Gasteiger partial charge is 0.0430 e. The van der Waals surface area contributed by atoms with Crippen molar-refractivity contribution in [3.8, 4) is 0 Å². The van der Waals surface area contributed by atoms with Crippen molar-refractivity contribution in [2.45, 2.75) is 79.1 Å². The van der Waals surface area contributed by atoms with Gasteiger partial charge in [-0.1, -0.05) is 53.4 Å². The van der Waals surface area contributed by atoms with Crippen molar-refractivity contribution >= 4 is 27.3 Å². The summed E-state index contributed by atoms with van der Waals surface area (Å²) in [4.78, 5) is 0. The van der Waals surface area contributed by atoms with E-state index in [0.29, 0.717) is 26.4 Å². The Morgan fingerprint density at radius 2 is 0.571 bits per heavy atom. The Hall–Kier alpha value is 0.762. The third-order valence-electron chi connectivity index (χ3n) is 2.05. The summed E-state index contributed by atoms with van der Waals surface area (Å²) >= 11 is 0. The number of rotatable bonds is 8. The van der Waals surface area contributed by atoms with Crippen molar-refractivity contribution in [1.82, 2.24) is 0 Å². The molecular formula is C16H40O4Pb. The maximum absolute atomic E-state index is 8.07. The van der Waals surface area contributed by atoms with Crippen molar-refractivity contribution in [2.75, 3.05) is 26.4 Å². The zero-order valence-electron chi connectivity index (χ0n) is 14.8. The molecule has 0 unspecified atom stereocenters. The molecule has 0 aliphatic heterocycles. The van der Waals surface area contributed by atoms with Crippen LogP contribution >= 0.6 is 0 Å². The van der Waals surface area contributed by atoms with Gasteiger partial charge in [0.15, 0.2) is 0 Å². The average Bonchev–Trinajstić information content (AvgIpc) is 2.44. The number of hydrogen-bond donors (Lipinski definition) is 4. The molecule has 0 aromatic rings. The minimum atomic E-state index is 0. The summed E-state index contributed by atoms with van der Waals surface area (Å²) in [7, 11) is 0. The summed E-state index contributed by atoms with van der Waals surface area (Å²) in [6, 6.07) is 0. The van der Waals surface area contributed by atoms with Gasteiger partial charge in [-0.3, -0.25) is 0 Å². The predicted octanol–water partition coefficient (Wildman–Crippen LogP) is 2.73. The first-order valence-electron chi connectivity index (χ1n) is 8.09. The van der Waals surface area contributed by atoms with Gasteiger partial charge in [0.1, 0.15) is 0 Å². The Labute approximate surface area is 153 Å². The molecule has 0 heterocycles. The molecule has 0 spiro atoms. The van der Waals surface area contributed by atoms with Gasteiger partial charge in [-0.05, 0) is 25.7 Å². The molecule has 0 rings (SSSR count). The van der Waals surface area contributed by atoms with E-state index in [4.69, 9.17) is 20.4 Å². The summed E-state index contributed by atoms with van der Waals surface area (Å²) in [5, 5.41) is 32.3. The van der Waals surface area contributed by atoms with Gasteiger partial charge in [0.25, 0.3) is 0 Å². The Balaban J connectivity index is -0.0000000533. The van der Waals surface area contributed by atoms with Gasteiger partial charge in [0.2, 0.25) is 0 Å². The van der Waals surface area contributed by atoms with Crippen LogP contribution in [-0.2, 0) is 0 Å². The van der Waals surface area contributed by atoms with E-state index in [1.54, 1.807) is 0 Å². The largest absolute Gasteiger partial charge is 0.396 e. The van der Waals surface area contributed by atoms with Gasteiger partial charge in [-0.15, -0.1) is 0 Å². The zero-order chi connectivity index (χ0) is 16.5. The van der Waals surface area contributed by atoms with E-state index >= 15 is 0 Å². The minimum Gasteiger partial charge on any atom is -0.396 e. The maximum Gasteiger partial charge on any atom is 0.0430 e. The van der Waals surface area contributed by atoms with Crippen LogP contribution in [0, 0.1) is 0 Å². The molecule has 0 saturated heterocycles. The van der Waals surface area contributed by atoms with Crippen LogP contribution in [0.25, 0.3) is 0 Å². The Bertz CT molecular complexity index is 74.3. The Morgan fingerprint density at radius 1 is 0.429 bits per heavy atom. The van der Waals surface area contributed by atoms with Crippen LogP contribution in [0.15, 0.2) is 0 Å². The van der Waals surface area contributed by atoms with Gasteiger partial charge < -0.3 is 20.4 Å². The fourth-order valence-corrected chi connectivity index (χ4v) is 0.632. The molecule has 0 aromatic carbocycles. The molecule has 0 amide bonds. The van der Waals surface area contributed by atoms with Crippen molar-refractivity contribution in [1.29, 1.82) is 0 Å². The van der Waals surface area contributed by atoms with Crippen LogP contribution in [0.5, 0.6) is 0 Å². The Morgan fingerprint density at radius 3 is 0.571 bits per heavy atom. The van der Waals surface area contributed by atoms with Gasteiger partial charge in [0.05, 0.1) is 0 Å². The third-order valence-corrected chi connectivity index (χ3v) is 2.05. The van der Waals surface area contributed by atoms with Crippen LogP contribution in [0.3, 0.4) is 0 Å². The topological polar surface area (TPSA) is 80.9 Å². The second-order valence-corrected chi connectivity index (χ2v) is 4.31. The van der Waals surface area contributed by atoms with Crippen molar-refractivity contribution in [2.24, 2.45) is 0 Å². The second-order valence-electron chi connectivity index (χ2n) is 4.31. The summed E-state index contributed by atoms with van der Waals surface area (Å²) in [6.45, 7) is 9.58. The molecule has 4 nitrogen and oxygen atoms in total. The van der Waals surface area contributed by atoms with E-state index in [1.165, 1.54) is 0 Å². The van der Waals surface area contributed by atoms with E-state index in [0.717, 1.165) is 51.4 Å². The number of unbranched alkanes of at least 4 members (excludes halogenated alkanes) is 4. The van der Waals surface area contributed by atoms with Crippen LogP contribution < -0.4 is 0 Å². The van der Waals surface area contributed by atoms with Crippen LogP contribution in [0.1, 0.15) is 79.1 Å². The first-order valence-corrected chi connectivity index (χ1v) is 8.09. The molecule has 21 heavy (non-hydrogen) atoms. The molecule has 4 radical (unpaired) electrons. The SMILES string of the molecule is CCCCO.CCCCO.CCCCO.CCCCO.[Pb]. The molecular weight excluding hydrogens is 463 g/mol. The van der Waals surface area contributed by atoms with E-state index in [-0.39, 0.29) is 27.3 Å². The van der Waals surface area contributed by atoms with Gasteiger partial charge in [-0.25, -0.2) is 0 Å². The molecule has 0 aromatic heterocycles. The monoisotopic (exact) mass is 504 g/mol. The zero-order valence-corrected chi connectivity index (χ0v) is 18.7. The fraction of sp³-hybridized carbons (Fsp3) is 1.00. The molecule has 0 bridgehead atoms. The van der Waals surface area contributed by atoms with E-state index in [1.807, 2.05) is 0 Å². The fourth-order valence-electron chi connectivity index (χ4n) is 0.632. The summed E-state index contributed by atoms with van der Waals surface area (Å²) in [5.74, 6) is 0. The summed E-state index contributed by atoms with van der Waals surface area (Å²) in [5.41, 5.74) is 0. The summed E-state index contributed by atoms with van der Waals surface area (Å²) < 4.78 is 0. The van der Waals surface area contributed by atoms with Gasteiger partial charge in [-0.2, -0.15) is 0 Å². The quantitative estimate of drug-likeness (QED) is 0.384. The molecule has 0 aliphatic rings. The minimum absolute atomic E-state index is 0. The van der Waals surface area contributed by atoms with Gasteiger partial charge >= 0.3 is 0 Å². The maximum atomic E-state index is 8.07. The average molecular weight is 504 g/mol. The molecule has 0 fully saturated rings. The Kier molecular flexibility index (Phi) is 79.2. The number of aliphatic hydroxyl groups excluding tert-OH is 4. The number of hydrogen-bond acceptors (Lipinski definition) is 4. The third kappa shape index (κ3) is 95.2. The molecule has 4 N–H and O–H groups in total. The molecule has 0 atom stereocenters. The molecule has 0 aliphatic carbocycles. The predicted molar refractivity (Wildman–Crippen MR) is 93.7 cm³/mol. The second kappa shape index (κ2) is 49.8. The van der Waals surface area contributed by atoms with Crippen LogP contribution in [0.2, 0.25) is 0 Å². The normalized spacial score (nSPS) is 8.00. The van der Waals surface area contributed by atoms with Crippen molar-refractivity contribution in [3.63, 3.8) is 0 Å². The van der Waals surface area contributed by atoms with Crippen molar-refractivity contribution < 1.29 is 20.4 Å². The molecule has 132 valence electrons. The molecule has 0 saturated carbocycles. The summed E-state index contributed by atoms with van der Waals surface area (Å²) in [6.07, 6.45) is 8.15. The first kappa shape index (κ1) is 33.4.